The fraction of sp³-hybridized carbons (Fsp3) is 0.250. The second kappa shape index (κ2) is 8.20. The number of hydrogen-bond acceptors (Lipinski definition) is 3. The Hall–Kier alpha value is -2.75. The fourth-order valence-corrected chi connectivity index (χ4v) is 1.92. The van der Waals surface area contributed by atoms with Gasteiger partial charge in [-0.2, -0.15) is 0 Å². The van der Waals surface area contributed by atoms with Gasteiger partial charge in [0, 0.05) is 6.54 Å². The minimum Gasteiger partial charge on any atom is -0.457 e. The SMILES string of the molecule is CC(C)(C)OC(=O)NCC=Cc1ccc(Oc2ccccc2)cc1. The van der Waals surface area contributed by atoms with Crippen LogP contribution < -0.4 is 10.1 Å². The first-order valence-electron chi connectivity index (χ1n) is 7.89. The summed E-state index contributed by atoms with van der Waals surface area (Å²) < 4.78 is 10.9. The van der Waals surface area contributed by atoms with Crippen molar-refractivity contribution < 1.29 is 14.3 Å². The molecule has 0 saturated heterocycles. The summed E-state index contributed by atoms with van der Waals surface area (Å²) in [6, 6.07) is 17.4. The van der Waals surface area contributed by atoms with Crippen LogP contribution in [0.25, 0.3) is 6.08 Å². The molecule has 0 aliphatic carbocycles. The minimum atomic E-state index is -0.484. The van der Waals surface area contributed by atoms with Crippen molar-refractivity contribution in [1.29, 1.82) is 0 Å². The number of carbonyl (C=O) groups is 1. The zero-order chi connectivity index (χ0) is 17.4. The maximum atomic E-state index is 11.5. The van der Waals surface area contributed by atoms with Crippen LogP contribution in [0.3, 0.4) is 0 Å². The van der Waals surface area contributed by atoms with Crippen molar-refractivity contribution in [2.24, 2.45) is 0 Å². The molecular formula is C20H23NO3. The standard InChI is InChI=1S/C20H23NO3/c1-20(2,3)24-19(22)21-15-7-8-16-11-13-18(14-12-16)23-17-9-5-4-6-10-17/h4-14H,15H2,1-3H3,(H,21,22). The molecule has 0 bridgehead atoms. The van der Waals surface area contributed by atoms with Gasteiger partial charge in [0.1, 0.15) is 17.1 Å². The van der Waals surface area contributed by atoms with E-state index in [1.54, 1.807) is 0 Å². The monoisotopic (exact) mass is 325 g/mol. The maximum absolute atomic E-state index is 11.5. The molecule has 0 unspecified atom stereocenters. The summed E-state index contributed by atoms with van der Waals surface area (Å²) in [5.74, 6) is 1.59. The van der Waals surface area contributed by atoms with Crippen molar-refractivity contribution >= 4 is 12.2 Å². The lowest BCUT2D eigenvalue weighted by molar-refractivity contribution is 0.0534. The van der Waals surface area contributed by atoms with Gasteiger partial charge < -0.3 is 14.8 Å². The van der Waals surface area contributed by atoms with E-state index in [1.165, 1.54) is 0 Å². The first kappa shape index (κ1) is 17.6. The molecule has 4 heteroatoms. The molecule has 1 N–H and O–H groups in total. The number of para-hydroxylation sites is 1. The second-order valence-electron chi connectivity index (χ2n) is 6.27. The summed E-state index contributed by atoms with van der Waals surface area (Å²) in [7, 11) is 0. The van der Waals surface area contributed by atoms with Crippen molar-refractivity contribution in [2.75, 3.05) is 6.54 Å². The second-order valence-corrected chi connectivity index (χ2v) is 6.27. The topological polar surface area (TPSA) is 47.6 Å². The summed E-state index contributed by atoms with van der Waals surface area (Å²) >= 11 is 0. The Labute approximate surface area is 143 Å². The number of carbonyl (C=O) groups excluding carboxylic acids is 1. The number of rotatable bonds is 5. The number of amides is 1. The Morgan fingerprint density at radius 3 is 2.25 bits per heavy atom. The largest absolute Gasteiger partial charge is 0.457 e. The third-order valence-corrected chi connectivity index (χ3v) is 2.93. The molecule has 0 heterocycles. The van der Waals surface area contributed by atoms with E-state index in [0.29, 0.717) is 6.54 Å². The van der Waals surface area contributed by atoms with Crippen LogP contribution in [0.4, 0.5) is 4.79 Å². The van der Waals surface area contributed by atoms with Crippen LogP contribution in [0.2, 0.25) is 0 Å². The first-order valence-corrected chi connectivity index (χ1v) is 7.89. The van der Waals surface area contributed by atoms with E-state index < -0.39 is 11.7 Å². The molecule has 0 saturated carbocycles. The van der Waals surface area contributed by atoms with Gasteiger partial charge in [-0.1, -0.05) is 42.5 Å². The lowest BCUT2D eigenvalue weighted by atomic mass is 10.2. The van der Waals surface area contributed by atoms with Gasteiger partial charge in [0.2, 0.25) is 0 Å². The molecule has 2 aromatic carbocycles. The number of nitrogens with one attached hydrogen (secondary N) is 1. The zero-order valence-electron chi connectivity index (χ0n) is 14.3. The lowest BCUT2D eigenvalue weighted by Crippen LogP contribution is -2.32. The molecular weight excluding hydrogens is 302 g/mol. The van der Waals surface area contributed by atoms with E-state index in [2.05, 4.69) is 5.32 Å². The molecule has 2 aromatic rings. The number of hydrogen-bond donors (Lipinski definition) is 1. The van der Waals surface area contributed by atoms with Crippen molar-refractivity contribution in [3.8, 4) is 11.5 Å². The van der Waals surface area contributed by atoms with Crippen molar-refractivity contribution in [1.82, 2.24) is 5.32 Å². The van der Waals surface area contributed by atoms with Gasteiger partial charge in [-0.25, -0.2) is 4.79 Å². The molecule has 0 aromatic heterocycles. The van der Waals surface area contributed by atoms with E-state index in [1.807, 2.05) is 87.5 Å². The molecule has 0 atom stereocenters. The van der Waals surface area contributed by atoms with Crippen LogP contribution in [-0.4, -0.2) is 18.2 Å². The summed E-state index contributed by atoms with van der Waals surface area (Å²) in [5.41, 5.74) is 0.545. The molecule has 4 nitrogen and oxygen atoms in total. The van der Waals surface area contributed by atoms with Crippen molar-refractivity contribution in [3.05, 3.63) is 66.2 Å². The van der Waals surface area contributed by atoms with Crippen LogP contribution >= 0.6 is 0 Å². The molecule has 0 radical (unpaired) electrons. The molecule has 0 aliphatic rings. The smallest absolute Gasteiger partial charge is 0.407 e. The summed E-state index contributed by atoms with van der Waals surface area (Å²) in [5, 5.41) is 2.68. The molecule has 1 amide bonds. The van der Waals surface area contributed by atoms with Crippen LogP contribution in [-0.2, 0) is 4.74 Å². The predicted octanol–water partition coefficient (Wildman–Crippen LogP) is 5.02. The average molecular weight is 325 g/mol. The van der Waals surface area contributed by atoms with Gasteiger partial charge in [-0.15, -0.1) is 0 Å². The summed E-state index contributed by atoms with van der Waals surface area (Å²) in [6.45, 7) is 5.92. The summed E-state index contributed by atoms with van der Waals surface area (Å²) in [6.07, 6.45) is 3.39. The Balaban J connectivity index is 1.80. The van der Waals surface area contributed by atoms with Gasteiger partial charge in [-0.3, -0.25) is 0 Å². The minimum absolute atomic E-state index is 0.414. The fourth-order valence-electron chi connectivity index (χ4n) is 1.92. The van der Waals surface area contributed by atoms with Crippen molar-refractivity contribution in [2.45, 2.75) is 26.4 Å². The molecule has 2 rings (SSSR count). The van der Waals surface area contributed by atoms with Crippen molar-refractivity contribution in [3.63, 3.8) is 0 Å². The highest BCUT2D eigenvalue weighted by Crippen LogP contribution is 2.21. The number of benzene rings is 2. The highest BCUT2D eigenvalue weighted by molar-refractivity contribution is 5.68. The normalized spacial score (nSPS) is 11.3. The predicted molar refractivity (Wildman–Crippen MR) is 96.2 cm³/mol. The van der Waals surface area contributed by atoms with Gasteiger partial charge in [0.05, 0.1) is 0 Å². The van der Waals surface area contributed by atoms with Gasteiger partial charge in [0.25, 0.3) is 0 Å². The first-order chi connectivity index (χ1) is 11.4. The van der Waals surface area contributed by atoms with E-state index >= 15 is 0 Å². The quantitative estimate of drug-likeness (QED) is 0.840. The Morgan fingerprint density at radius 1 is 1.00 bits per heavy atom. The number of ether oxygens (including phenoxy) is 2. The van der Waals surface area contributed by atoms with Gasteiger partial charge in [0.15, 0.2) is 0 Å². The lowest BCUT2D eigenvalue weighted by Gasteiger charge is -2.19. The molecule has 126 valence electrons. The molecule has 0 aliphatic heterocycles. The molecule has 24 heavy (non-hydrogen) atoms. The van der Waals surface area contributed by atoms with Crippen LogP contribution in [0.1, 0.15) is 26.3 Å². The highest BCUT2D eigenvalue weighted by atomic mass is 16.6. The average Bonchev–Trinajstić information content (AvgIpc) is 2.52. The third-order valence-electron chi connectivity index (χ3n) is 2.93. The highest BCUT2D eigenvalue weighted by Gasteiger charge is 2.14. The zero-order valence-corrected chi connectivity index (χ0v) is 14.3. The van der Waals surface area contributed by atoms with E-state index in [4.69, 9.17) is 9.47 Å². The van der Waals surface area contributed by atoms with E-state index in [0.717, 1.165) is 17.1 Å². The Morgan fingerprint density at radius 2 is 1.62 bits per heavy atom. The van der Waals surface area contributed by atoms with Crippen LogP contribution in [0.15, 0.2) is 60.7 Å². The van der Waals surface area contributed by atoms with Gasteiger partial charge >= 0.3 is 6.09 Å². The molecule has 0 spiro atoms. The molecule has 0 fully saturated rings. The van der Waals surface area contributed by atoms with E-state index in [9.17, 15) is 4.79 Å². The Kier molecular flexibility index (Phi) is 6.01. The third kappa shape index (κ3) is 6.57. The maximum Gasteiger partial charge on any atom is 0.407 e. The Bertz CT molecular complexity index is 670. The number of alkyl carbamates (subject to hydrolysis) is 1. The van der Waals surface area contributed by atoms with Crippen LogP contribution in [0, 0.1) is 0 Å². The van der Waals surface area contributed by atoms with E-state index in [-0.39, 0.29) is 0 Å². The van der Waals surface area contributed by atoms with Crippen LogP contribution in [0.5, 0.6) is 11.5 Å². The summed E-state index contributed by atoms with van der Waals surface area (Å²) in [4.78, 5) is 11.5. The van der Waals surface area contributed by atoms with Gasteiger partial charge in [-0.05, 0) is 50.6 Å².